The van der Waals surface area contributed by atoms with Gasteiger partial charge < -0.3 is 14.8 Å². The number of alkyl halides is 3. The molecule has 1 amide bonds. The molecular formula is C22H32F3N3O4. The topological polar surface area (TPSA) is 79.9 Å². The molecular weight excluding hydrogens is 427 g/mol. The number of rotatable bonds is 8. The Bertz CT molecular complexity index is 772. The molecule has 0 radical (unpaired) electrons. The van der Waals surface area contributed by atoms with Gasteiger partial charge in [0.25, 0.3) is 11.6 Å². The van der Waals surface area contributed by atoms with E-state index in [1.165, 1.54) is 12.1 Å². The Morgan fingerprint density at radius 3 is 2.19 bits per heavy atom. The highest BCUT2D eigenvalue weighted by Gasteiger charge is 2.62. The van der Waals surface area contributed by atoms with E-state index in [1.807, 2.05) is 26.1 Å². The Balaban J connectivity index is 2.16. The van der Waals surface area contributed by atoms with Crippen molar-refractivity contribution in [3.05, 3.63) is 35.4 Å². The fourth-order valence-corrected chi connectivity index (χ4v) is 3.37. The Morgan fingerprint density at radius 1 is 1.09 bits per heavy atom. The summed E-state index contributed by atoms with van der Waals surface area (Å²) in [5.41, 5.74) is -2.61. The predicted molar refractivity (Wildman–Crippen MR) is 113 cm³/mol. The summed E-state index contributed by atoms with van der Waals surface area (Å²) in [6, 6.07) is 6.23. The van der Waals surface area contributed by atoms with Gasteiger partial charge in [-0.3, -0.25) is 15.0 Å². The highest BCUT2D eigenvalue weighted by molar-refractivity contribution is 5.98. The minimum atomic E-state index is -5.12. The van der Waals surface area contributed by atoms with Crippen molar-refractivity contribution in [2.75, 3.05) is 46.5 Å². The third-order valence-electron chi connectivity index (χ3n) is 5.38. The van der Waals surface area contributed by atoms with Crippen LogP contribution in [0.25, 0.3) is 0 Å². The Labute approximate surface area is 186 Å². The average Bonchev–Trinajstić information content (AvgIpc) is 2.74. The van der Waals surface area contributed by atoms with E-state index in [-0.39, 0.29) is 17.5 Å². The standard InChI is InChI=1S/C22H32F3N3O4/c1-20(2,3)17-8-6-16(7-9-17)18(29)27-21(19(30)31-4,22(23,24)25)26-10-5-11-28-12-14-32-15-13-28/h6-9,26H,5,10-15H2,1-4H3,(H,27,29). The predicted octanol–water partition coefficient (Wildman–Crippen LogP) is 2.46. The van der Waals surface area contributed by atoms with Gasteiger partial charge in [-0.15, -0.1) is 0 Å². The molecule has 1 saturated heterocycles. The Kier molecular flexibility index (Phi) is 8.67. The number of hydrogen-bond donors (Lipinski definition) is 2. The van der Waals surface area contributed by atoms with Gasteiger partial charge in [-0.2, -0.15) is 13.2 Å². The van der Waals surface area contributed by atoms with Crippen molar-refractivity contribution in [2.24, 2.45) is 0 Å². The molecule has 0 spiro atoms. The molecule has 0 aromatic heterocycles. The van der Waals surface area contributed by atoms with Gasteiger partial charge in [-0.1, -0.05) is 32.9 Å². The third-order valence-corrected chi connectivity index (χ3v) is 5.38. The number of nitrogens with zero attached hydrogens (tertiary/aromatic N) is 1. The van der Waals surface area contributed by atoms with Crippen molar-refractivity contribution < 1.29 is 32.2 Å². The molecule has 10 heteroatoms. The van der Waals surface area contributed by atoms with Crippen LogP contribution >= 0.6 is 0 Å². The minimum absolute atomic E-state index is 0.00523. The molecule has 7 nitrogen and oxygen atoms in total. The average molecular weight is 460 g/mol. The van der Waals surface area contributed by atoms with E-state index >= 15 is 0 Å². The van der Waals surface area contributed by atoms with Crippen LogP contribution in [0.3, 0.4) is 0 Å². The highest BCUT2D eigenvalue weighted by atomic mass is 19.4. The lowest BCUT2D eigenvalue weighted by Gasteiger charge is -2.35. The molecule has 180 valence electrons. The van der Waals surface area contributed by atoms with E-state index < -0.39 is 23.7 Å². The lowest BCUT2D eigenvalue weighted by Crippen LogP contribution is -2.72. The zero-order valence-corrected chi connectivity index (χ0v) is 19.0. The van der Waals surface area contributed by atoms with E-state index in [2.05, 4.69) is 15.0 Å². The molecule has 1 aromatic rings. The fourth-order valence-electron chi connectivity index (χ4n) is 3.37. The zero-order chi connectivity index (χ0) is 24.0. The minimum Gasteiger partial charge on any atom is -0.466 e. The van der Waals surface area contributed by atoms with Crippen molar-refractivity contribution in [2.45, 2.75) is 44.4 Å². The fraction of sp³-hybridized carbons (Fsp3) is 0.636. The monoisotopic (exact) mass is 459 g/mol. The van der Waals surface area contributed by atoms with Gasteiger partial charge in [-0.25, -0.2) is 4.79 Å². The van der Waals surface area contributed by atoms with E-state index in [0.29, 0.717) is 39.3 Å². The molecule has 0 aliphatic carbocycles. The maximum Gasteiger partial charge on any atom is 0.436 e. The zero-order valence-electron chi connectivity index (χ0n) is 19.0. The van der Waals surface area contributed by atoms with Crippen LogP contribution in [-0.2, 0) is 19.7 Å². The van der Waals surface area contributed by atoms with Gasteiger partial charge in [0.2, 0.25) is 0 Å². The smallest absolute Gasteiger partial charge is 0.436 e. The Hall–Kier alpha value is -2.17. The lowest BCUT2D eigenvalue weighted by molar-refractivity contribution is -0.217. The molecule has 1 aliphatic rings. The van der Waals surface area contributed by atoms with Crippen LogP contribution in [0.4, 0.5) is 13.2 Å². The maximum atomic E-state index is 14.1. The molecule has 0 saturated carbocycles. The summed E-state index contributed by atoms with van der Waals surface area (Å²) in [4.78, 5) is 27.0. The Morgan fingerprint density at radius 2 is 1.69 bits per heavy atom. The number of benzene rings is 1. The number of methoxy groups -OCH3 is 1. The van der Waals surface area contributed by atoms with Crippen LogP contribution in [0, 0.1) is 0 Å². The SMILES string of the molecule is COC(=O)C(NCCCN1CCOCC1)(NC(=O)c1ccc(C(C)(C)C)cc1)C(F)(F)F. The van der Waals surface area contributed by atoms with Crippen molar-refractivity contribution in [1.29, 1.82) is 0 Å². The van der Waals surface area contributed by atoms with Crippen LogP contribution in [0.2, 0.25) is 0 Å². The number of esters is 1. The summed E-state index contributed by atoms with van der Waals surface area (Å²) in [7, 11) is 0.850. The normalized spacial score (nSPS) is 17.5. The van der Waals surface area contributed by atoms with Gasteiger partial charge in [0.1, 0.15) is 0 Å². The first-order valence-electron chi connectivity index (χ1n) is 10.5. The number of carbonyl (C=O) groups is 2. The van der Waals surface area contributed by atoms with Crippen LogP contribution in [0.5, 0.6) is 0 Å². The van der Waals surface area contributed by atoms with Crippen molar-refractivity contribution >= 4 is 11.9 Å². The first kappa shape index (κ1) is 26.1. The van der Waals surface area contributed by atoms with Gasteiger partial charge in [-0.05, 0) is 42.6 Å². The van der Waals surface area contributed by atoms with E-state index in [1.54, 1.807) is 12.1 Å². The molecule has 1 unspecified atom stereocenters. The number of carbonyl (C=O) groups excluding carboxylic acids is 2. The van der Waals surface area contributed by atoms with E-state index in [9.17, 15) is 22.8 Å². The van der Waals surface area contributed by atoms with E-state index in [4.69, 9.17) is 4.74 Å². The van der Waals surface area contributed by atoms with Crippen LogP contribution < -0.4 is 10.6 Å². The first-order valence-corrected chi connectivity index (χ1v) is 10.5. The van der Waals surface area contributed by atoms with Crippen molar-refractivity contribution in [3.63, 3.8) is 0 Å². The second-order valence-electron chi connectivity index (χ2n) is 8.76. The number of morpholine rings is 1. The first-order chi connectivity index (χ1) is 14.9. The van der Waals surface area contributed by atoms with Crippen LogP contribution in [0.1, 0.15) is 43.1 Å². The van der Waals surface area contributed by atoms with Gasteiger partial charge in [0.15, 0.2) is 0 Å². The van der Waals surface area contributed by atoms with Gasteiger partial charge >= 0.3 is 12.1 Å². The molecule has 1 aromatic carbocycles. The summed E-state index contributed by atoms with van der Waals surface area (Å²) < 4.78 is 51.9. The quantitative estimate of drug-likeness (QED) is 0.353. The second-order valence-corrected chi connectivity index (χ2v) is 8.76. The number of hydrogen-bond acceptors (Lipinski definition) is 6. The molecule has 1 aliphatic heterocycles. The van der Waals surface area contributed by atoms with Crippen molar-refractivity contribution in [3.8, 4) is 0 Å². The number of nitrogens with one attached hydrogen (secondary N) is 2. The summed E-state index contributed by atoms with van der Waals surface area (Å²) in [6.07, 6.45) is -4.79. The van der Waals surface area contributed by atoms with E-state index in [0.717, 1.165) is 12.7 Å². The number of halogens is 3. The second kappa shape index (κ2) is 10.6. The molecule has 2 N–H and O–H groups in total. The highest BCUT2D eigenvalue weighted by Crippen LogP contribution is 2.30. The summed E-state index contributed by atoms with van der Waals surface area (Å²) in [6.45, 7) is 8.87. The largest absolute Gasteiger partial charge is 0.466 e. The summed E-state index contributed by atoms with van der Waals surface area (Å²) in [5.74, 6) is -2.66. The molecule has 32 heavy (non-hydrogen) atoms. The van der Waals surface area contributed by atoms with Crippen molar-refractivity contribution in [1.82, 2.24) is 15.5 Å². The molecule has 1 fully saturated rings. The summed E-state index contributed by atoms with van der Waals surface area (Å²) >= 11 is 0. The van der Waals surface area contributed by atoms with Gasteiger partial charge in [0, 0.05) is 18.7 Å². The van der Waals surface area contributed by atoms with Crippen LogP contribution in [-0.4, -0.2) is 75.1 Å². The van der Waals surface area contributed by atoms with Gasteiger partial charge in [0.05, 0.1) is 20.3 Å². The lowest BCUT2D eigenvalue weighted by atomic mass is 9.86. The summed E-state index contributed by atoms with van der Waals surface area (Å²) in [5, 5.41) is 4.06. The maximum absolute atomic E-state index is 14.1. The number of ether oxygens (including phenoxy) is 2. The molecule has 2 rings (SSSR count). The molecule has 1 heterocycles. The molecule has 0 bridgehead atoms. The number of amides is 1. The third kappa shape index (κ3) is 6.43. The molecule has 1 atom stereocenters. The van der Waals surface area contributed by atoms with Crippen LogP contribution in [0.15, 0.2) is 24.3 Å².